The molecule has 3 heterocycles. The monoisotopic (exact) mass is 457 g/mol. The maximum Gasteiger partial charge on any atom is 0.275 e. The first-order valence-corrected chi connectivity index (χ1v) is 10.8. The number of hydrazone groups is 1. The van der Waals surface area contributed by atoms with Gasteiger partial charge in [-0.05, 0) is 30.5 Å². The van der Waals surface area contributed by atoms with E-state index in [0.717, 1.165) is 6.07 Å². The molecule has 1 amide bonds. The van der Waals surface area contributed by atoms with Crippen molar-refractivity contribution in [3.8, 4) is 0 Å². The van der Waals surface area contributed by atoms with E-state index in [1.165, 1.54) is 41.6 Å². The first kappa shape index (κ1) is 21.5. The Bertz CT molecular complexity index is 1150. The normalized spacial score (nSPS) is 26.9. The van der Waals surface area contributed by atoms with Crippen LogP contribution in [0.15, 0.2) is 59.0 Å². The maximum atomic E-state index is 15.2. The molecule has 9 heteroatoms. The number of halogens is 3. The Morgan fingerprint density at radius 1 is 1.06 bits per heavy atom. The number of aliphatic hydroxyl groups is 1. The second-order valence-electron chi connectivity index (χ2n) is 8.29. The van der Waals surface area contributed by atoms with Crippen LogP contribution in [0.3, 0.4) is 0 Å². The zero-order valence-corrected chi connectivity index (χ0v) is 17.6. The van der Waals surface area contributed by atoms with Crippen LogP contribution in [0, 0.1) is 17.5 Å². The number of hydrogen-bond acceptors (Lipinski definition) is 5. The third-order valence-electron chi connectivity index (χ3n) is 6.48. The number of piperazine rings is 1. The number of nitrogens with zero attached hydrogens (tertiary/aromatic N) is 3. The van der Waals surface area contributed by atoms with E-state index >= 15 is 8.78 Å². The van der Waals surface area contributed by atoms with Crippen LogP contribution in [0.4, 0.5) is 13.2 Å². The van der Waals surface area contributed by atoms with Gasteiger partial charge in [0, 0.05) is 18.0 Å². The van der Waals surface area contributed by atoms with E-state index in [1.807, 2.05) is 0 Å². The van der Waals surface area contributed by atoms with Crippen molar-refractivity contribution in [3.63, 3.8) is 0 Å². The maximum absolute atomic E-state index is 15.2. The lowest BCUT2D eigenvalue weighted by Gasteiger charge is -2.47. The van der Waals surface area contributed by atoms with E-state index in [4.69, 9.17) is 4.74 Å². The number of carbonyl (C=O) groups is 1. The van der Waals surface area contributed by atoms with Crippen LogP contribution in [0.1, 0.15) is 29.9 Å². The summed E-state index contributed by atoms with van der Waals surface area (Å²) in [4.78, 5) is 14.9. The van der Waals surface area contributed by atoms with Gasteiger partial charge in [-0.1, -0.05) is 30.3 Å². The number of rotatable bonds is 3. The molecule has 6 nitrogen and oxygen atoms in total. The standard InChI is InChI=1S/C24H22F3N3O3/c25-16-7-2-1-5-14(16)20(15-6-3-8-17(26)21(15)27)22-18-9-4-11-29(18)24(32)23-19(31)13-33-12-10-28-30(22)23/h1-3,5-8,10,18,20,22,31H,4,9,11-13H2/b23-19+,28-10-/t18-,20+,22-/m1/s1. The summed E-state index contributed by atoms with van der Waals surface area (Å²) in [6.45, 7) is 0.320. The van der Waals surface area contributed by atoms with Crippen molar-refractivity contribution in [1.29, 1.82) is 0 Å². The van der Waals surface area contributed by atoms with Crippen LogP contribution in [-0.2, 0) is 9.53 Å². The minimum absolute atomic E-state index is 0.0429. The van der Waals surface area contributed by atoms with Crippen LogP contribution < -0.4 is 0 Å². The van der Waals surface area contributed by atoms with E-state index in [1.54, 1.807) is 11.0 Å². The highest BCUT2D eigenvalue weighted by Crippen LogP contribution is 2.44. The Balaban J connectivity index is 1.77. The fourth-order valence-corrected chi connectivity index (χ4v) is 5.12. The van der Waals surface area contributed by atoms with Gasteiger partial charge in [-0.3, -0.25) is 9.80 Å². The molecule has 0 saturated carbocycles. The van der Waals surface area contributed by atoms with Crippen molar-refractivity contribution in [1.82, 2.24) is 9.91 Å². The van der Waals surface area contributed by atoms with Crippen molar-refractivity contribution < 1.29 is 27.8 Å². The molecule has 33 heavy (non-hydrogen) atoms. The Morgan fingerprint density at radius 2 is 1.82 bits per heavy atom. The summed E-state index contributed by atoms with van der Waals surface area (Å²) in [5, 5.41) is 16.4. The molecule has 3 atom stereocenters. The molecule has 0 aromatic heterocycles. The van der Waals surface area contributed by atoms with Crippen LogP contribution in [0.25, 0.3) is 0 Å². The van der Waals surface area contributed by atoms with E-state index in [0.29, 0.717) is 19.4 Å². The first-order valence-electron chi connectivity index (χ1n) is 10.8. The first-order chi connectivity index (χ1) is 16.0. The summed E-state index contributed by atoms with van der Waals surface area (Å²) in [5.74, 6) is -4.45. The third kappa shape index (κ3) is 3.56. The van der Waals surface area contributed by atoms with Gasteiger partial charge in [0.25, 0.3) is 5.91 Å². The highest BCUT2D eigenvalue weighted by molar-refractivity contribution is 5.95. The third-order valence-corrected chi connectivity index (χ3v) is 6.48. The fourth-order valence-electron chi connectivity index (χ4n) is 5.12. The van der Waals surface area contributed by atoms with Crippen molar-refractivity contribution in [3.05, 3.63) is 82.5 Å². The second kappa shape index (κ2) is 8.55. The summed E-state index contributed by atoms with van der Waals surface area (Å²) < 4.78 is 49.9. The lowest BCUT2D eigenvalue weighted by Crippen LogP contribution is -2.59. The number of fused-ring (bicyclic) bond motifs is 2. The van der Waals surface area contributed by atoms with E-state index in [-0.39, 0.29) is 35.8 Å². The Kier molecular flexibility index (Phi) is 5.57. The largest absolute Gasteiger partial charge is 0.507 e. The summed E-state index contributed by atoms with van der Waals surface area (Å²) in [6.07, 6.45) is 2.71. The van der Waals surface area contributed by atoms with Crippen molar-refractivity contribution in [2.45, 2.75) is 30.8 Å². The minimum atomic E-state index is -1.08. The average molecular weight is 457 g/mol. The molecular formula is C24H22F3N3O3. The lowest BCUT2D eigenvalue weighted by molar-refractivity contribution is -0.136. The summed E-state index contributed by atoms with van der Waals surface area (Å²) in [5.41, 5.74) is 0.0199. The van der Waals surface area contributed by atoms with E-state index in [9.17, 15) is 14.3 Å². The molecule has 2 saturated heterocycles. The minimum Gasteiger partial charge on any atom is -0.507 e. The number of amides is 1. The van der Waals surface area contributed by atoms with Crippen LogP contribution in [-0.4, -0.2) is 59.0 Å². The Morgan fingerprint density at radius 3 is 2.64 bits per heavy atom. The molecule has 3 aliphatic rings. The van der Waals surface area contributed by atoms with Gasteiger partial charge < -0.3 is 14.7 Å². The smallest absolute Gasteiger partial charge is 0.275 e. The molecule has 0 radical (unpaired) electrons. The van der Waals surface area contributed by atoms with Crippen LogP contribution in [0.2, 0.25) is 0 Å². The van der Waals surface area contributed by atoms with Gasteiger partial charge in [-0.25, -0.2) is 13.2 Å². The summed E-state index contributed by atoms with van der Waals surface area (Å²) in [6, 6.07) is 8.51. The molecule has 5 rings (SSSR count). The molecule has 0 bridgehead atoms. The van der Waals surface area contributed by atoms with Crippen LogP contribution >= 0.6 is 0 Å². The Hall–Kier alpha value is -3.33. The number of ether oxygens (including phenoxy) is 1. The van der Waals surface area contributed by atoms with Gasteiger partial charge in [0.2, 0.25) is 0 Å². The zero-order chi connectivity index (χ0) is 23.1. The predicted octanol–water partition coefficient (Wildman–Crippen LogP) is 3.70. The molecule has 0 aliphatic carbocycles. The quantitative estimate of drug-likeness (QED) is 0.764. The van der Waals surface area contributed by atoms with Gasteiger partial charge in [0.05, 0.1) is 24.9 Å². The van der Waals surface area contributed by atoms with Gasteiger partial charge >= 0.3 is 0 Å². The lowest BCUT2D eigenvalue weighted by atomic mass is 9.78. The molecule has 172 valence electrons. The van der Waals surface area contributed by atoms with Crippen molar-refractivity contribution >= 4 is 12.1 Å². The van der Waals surface area contributed by atoms with Gasteiger partial charge in [-0.2, -0.15) is 5.10 Å². The number of hydrogen-bond donors (Lipinski definition) is 1. The molecule has 2 aromatic carbocycles. The number of carbonyl (C=O) groups excluding carboxylic acids is 1. The SMILES string of the molecule is O=C1/C2=C(\O)COC/C=N\N2[C@@H]([C@@H](c2ccccc2F)c2cccc(F)c2F)[C@H]2CCCN12. The molecule has 2 fully saturated rings. The Labute approximate surface area is 188 Å². The van der Waals surface area contributed by atoms with Gasteiger partial charge in [0.1, 0.15) is 18.2 Å². The van der Waals surface area contributed by atoms with Gasteiger partial charge in [0.15, 0.2) is 17.3 Å². The summed E-state index contributed by atoms with van der Waals surface area (Å²) in [7, 11) is 0. The van der Waals surface area contributed by atoms with Crippen molar-refractivity contribution in [2.75, 3.05) is 19.8 Å². The molecule has 2 aromatic rings. The van der Waals surface area contributed by atoms with E-state index in [2.05, 4.69) is 5.10 Å². The van der Waals surface area contributed by atoms with Crippen LogP contribution in [0.5, 0.6) is 0 Å². The number of benzene rings is 2. The van der Waals surface area contributed by atoms with Gasteiger partial charge in [-0.15, -0.1) is 0 Å². The fraction of sp³-hybridized carbons (Fsp3) is 0.333. The average Bonchev–Trinajstić information content (AvgIpc) is 3.28. The second-order valence-corrected chi connectivity index (χ2v) is 8.29. The highest BCUT2D eigenvalue weighted by atomic mass is 19.2. The molecule has 0 spiro atoms. The molecule has 0 unspecified atom stereocenters. The van der Waals surface area contributed by atoms with Crippen molar-refractivity contribution in [2.24, 2.45) is 5.10 Å². The molecule has 3 aliphatic heterocycles. The molecule has 1 N–H and O–H groups in total. The zero-order valence-electron chi connectivity index (χ0n) is 17.6. The topological polar surface area (TPSA) is 65.4 Å². The predicted molar refractivity (Wildman–Crippen MR) is 114 cm³/mol. The van der Waals surface area contributed by atoms with E-state index < -0.39 is 41.4 Å². The summed E-state index contributed by atoms with van der Waals surface area (Å²) >= 11 is 0. The highest BCUT2D eigenvalue weighted by Gasteiger charge is 2.51. The number of aliphatic hydroxyl groups excluding tert-OH is 1. The molecular weight excluding hydrogens is 435 g/mol.